The van der Waals surface area contributed by atoms with Crippen molar-refractivity contribution in [3.05, 3.63) is 23.2 Å². The van der Waals surface area contributed by atoms with Crippen LogP contribution in [0.3, 0.4) is 0 Å². The van der Waals surface area contributed by atoms with Crippen LogP contribution in [0.25, 0.3) is 0 Å². The van der Waals surface area contributed by atoms with E-state index in [-0.39, 0.29) is 11.8 Å². The molecule has 2 aromatic rings. The molecule has 0 spiro atoms. The number of nitrogen functional groups attached to an aromatic ring is 1. The number of aromatic nitrogens is 4. The van der Waals surface area contributed by atoms with Crippen LogP contribution in [-0.2, 0) is 24.2 Å². The van der Waals surface area contributed by atoms with Gasteiger partial charge >= 0.3 is 0 Å². The van der Waals surface area contributed by atoms with Crippen molar-refractivity contribution in [2.75, 3.05) is 12.3 Å². The van der Waals surface area contributed by atoms with Crippen molar-refractivity contribution in [2.45, 2.75) is 32.2 Å². The van der Waals surface area contributed by atoms with Gasteiger partial charge in [0, 0.05) is 18.3 Å². The van der Waals surface area contributed by atoms with E-state index in [1.807, 2.05) is 10.1 Å². The van der Waals surface area contributed by atoms with Crippen molar-refractivity contribution in [3.8, 4) is 0 Å². The number of aryl methyl sites for hydroxylation is 2. The molecule has 3 heterocycles. The average Bonchev–Trinajstić information content (AvgIpc) is 3.11. The summed E-state index contributed by atoms with van der Waals surface area (Å²) >= 11 is 1.45. The molecule has 7 nitrogen and oxygen atoms in total. The van der Waals surface area contributed by atoms with Crippen LogP contribution in [0.1, 0.15) is 24.4 Å². The lowest BCUT2D eigenvalue weighted by atomic mass is 9.99. The fourth-order valence-electron chi connectivity index (χ4n) is 2.51. The molecule has 1 unspecified atom stereocenters. The number of amides is 1. The Balaban J connectivity index is 1.41. The van der Waals surface area contributed by atoms with E-state index in [0.29, 0.717) is 18.2 Å². The minimum absolute atomic E-state index is 0.00545. The number of carbonyl (C=O) groups is 1. The van der Waals surface area contributed by atoms with E-state index < -0.39 is 0 Å². The van der Waals surface area contributed by atoms with E-state index in [0.717, 1.165) is 37.2 Å². The van der Waals surface area contributed by atoms with Crippen molar-refractivity contribution in [1.29, 1.82) is 0 Å². The Bertz CT molecular complexity index is 622. The number of nitrogens with zero attached hydrogens (tertiary/aromatic N) is 4. The quantitative estimate of drug-likeness (QED) is 0.789. The monoisotopic (exact) mass is 306 g/mol. The van der Waals surface area contributed by atoms with Crippen LogP contribution < -0.4 is 11.1 Å². The lowest BCUT2D eigenvalue weighted by Crippen LogP contribution is -2.36. The predicted molar refractivity (Wildman–Crippen MR) is 79.7 cm³/mol. The van der Waals surface area contributed by atoms with E-state index in [2.05, 4.69) is 20.4 Å². The minimum Gasteiger partial charge on any atom is -0.375 e. The molecular formula is C13H18N6OS. The van der Waals surface area contributed by atoms with Gasteiger partial charge in [-0.15, -0.1) is 11.3 Å². The van der Waals surface area contributed by atoms with Crippen LogP contribution in [0.5, 0.6) is 0 Å². The maximum absolute atomic E-state index is 12.1. The Morgan fingerprint density at radius 3 is 3.29 bits per heavy atom. The summed E-state index contributed by atoms with van der Waals surface area (Å²) in [5.74, 6) is 1.07. The first-order valence-electron chi connectivity index (χ1n) is 7.06. The van der Waals surface area contributed by atoms with Gasteiger partial charge in [0.1, 0.15) is 12.2 Å². The molecule has 0 fully saturated rings. The first kappa shape index (κ1) is 14.0. The molecule has 1 aliphatic rings. The molecule has 112 valence electrons. The summed E-state index contributed by atoms with van der Waals surface area (Å²) in [6.45, 7) is 1.29. The molecule has 8 heteroatoms. The van der Waals surface area contributed by atoms with Gasteiger partial charge in [-0.05, 0) is 19.3 Å². The summed E-state index contributed by atoms with van der Waals surface area (Å²) in [5.41, 5.74) is 6.58. The van der Waals surface area contributed by atoms with E-state index in [1.165, 1.54) is 11.3 Å². The molecule has 0 radical (unpaired) electrons. The number of rotatable bonds is 5. The van der Waals surface area contributed by atoms with Crippen molar-refractivity contribution < 1.29 is 4.79 Å². The van der Waals surface area contributed by atoms with Crippen LogP contribution >= 0.6 is 11.3 Å². The fourth-order valence-corrected chi connectivity index (χ4v) is 3.11. The van der Waals surface area contributed by atoms with E-state index in [9.17, 15) is 4.79 Å². The van der Waals surface area contributed by atoms with Gasteiger partial charge in [-0.2, -0.15) is 5.10 Å². The van der Waals surface area contributed by atoms with Gasteiger partial charge in [0.25, 0.3) is 0 Å². The number of thiazole rings is 1. The molecule has 3 rings (SSSR count). The van der Waals surface area contributed by atoms with Crippen LogP contribution in [0.4, 0.5) is 5.13 Å². The number of anilines is 1. The van der Waals surface area contributed by atoms with Gasteiger partial charge in [-0.3, -0.25) is 4.79 Å². The second-order valence-corrected chi connectivity index (χ2v) is 6.06. The first-order valence-corrected chi connectivity index (χ1v) is 7.94. The van der Waals surface area contributed by atoms with E-state index in [1.54, 1.807) is 6.33 Å². The van der Waals surface area contributed by atoms with Gasteiger partial charge in [-0.1, -0.05) is 0 Å². The van der Waals surface area contributed by atoms with Crippen molar-refractivity contribution >= 4 is 22.4 Å². The largest absolute Gasteiger partial charge is 0.375 e. The summed E-state index contributed by atoms with van der Waals surface area (Å²) in [4.78, 5) is 20.5. The zero-order valence-electron chi connectivity index (χ0n) is 11.7. The minimum atomic E-state index is -0.00545. The Labute approximate surface area is 126 Å². The molecule has 1 aliphatic heterocycles. The van der Waals surface area contributed by atoms with Crippen LogP contribution in [0.15, 0.2) is 11.7 Å². The zero-order chi connectivity index (χ0) is 14.7. The van der Waals surface area contributed by atoms with Crippen LogP contribution in [0, 0.1) is 5.92 Å². The highest BCUT2D eigenvalue weighted by Gasteiger charge is 2.25. The van der Waals surface area contributed by atoms with Crippen molar-refractivity contribution in [2.24, 2.45) is 5.92 Å². The number of carbonyl (C=O) groups excluding carboxylic acids is 1. The smallest absolute Gasteiger partial charge is 0.224 e. The summed E-state index contributed by atoms with van der Waals surface area (Å²) in [6, 6.07) is 0. The molecule has 3 N–H and O–H groups in total. The number of hydrogen-bond acceptors (Lipinski definition) is 6. The molecule has 0 bridgehead atoms. The molecule has 21 heavy (non-hydrogen) atoms. The predicted octanol–water partition coefficient (Wildman–Crippen LogP) is 0.628. The van der Waals surface area contributed by atoms with Gasteiger partial charge in [-0.25, -0.2) is 14.6 Å². The molecule has 0 aromatic carbocycles. The van der Waals surface area contributed by atoms with Crippen LogP contribution in [0.2, 0.25) is 0 Å². The third kappa shape index (κ3) is 3.38. The van der Waals surface area contributed by atoms with Gasteiger partial charge in [0.15, 0.2) is 5.13 Å². The SMILES string of the molecule is Nc1nc(CCCNC(=O)C2CCc3ncnn3C2)cs1. The second-order valence-electron chi connectivity index (χ2n) is 5.17. The fraction of sp³-hybridized carbons (Fsp3) is 0.538. The van der Waals surface area contributed by atoms with Crippen LogP contribution in [-0.4, -0.2) is 32.2 Å². The highest BCUT2D eigenvalue weighted by Crippen LogP contribution is 2.17. The number of nitrogens with one attached hydrogen (secondary N) is 1. The lowest BCUT2D eigenvalue weighted by Gasteiger charge is -2.21. The Hall–Kier alpha value is -1.96. The molecule has 2 aromatic heterocycles. The van der Waals surface area contributed by atoms with E-state index in [4.69, 9.17) is 5.73 Å². The van der Waals surface area contributed by atoms with Gasteiger partial charge in [0.05, 0.1) is 18.2 Å². The average molecular weight is 306 g/mol. The third-order valence-corrected chi connectivity index (χ3v) is 4.38. The molecule has 0 saturated carbocycles. The maximum atomic E-state index is 12.1. The van der Waals surface area contributed by atoms with E-state index >= 15 is 0 Å². The molecule has 1 atom stereocenters. The summed E-state index contributed by atoms with van der Waals surface area (Å²) in [6.07, 6.45) is 4.92. The Morgan fingerprint density at radius 1 is 1.57 bits per heavy atom. The molecule has 0 aliphatic carbocycles. The maximum Gasteiger partial charge on any atom is 0.224 e. The summed E-state index contributed by atoms with van der Waals surface area (Å²) in [5, 5.41) is 9.69. The zero-order valence-corrected chi connectivity index (χ0v) is 12.5. The summed E-state index contributed by atoms with van der Waals surface area (Å²) in [7, 11) is 0. The highest BCUT2D eigenvalue weighted by atomic mass is 32.1. The molecular weight excluding hydrogens is 288 g/mol. The molecule has 0 saturated heterocycles. The highest BCUT2D eigenvalue weighted by molar-refractivity contribution is 7.13. The summed E-state index contributed by atoms with van der Waals surface area (Å²) < 4.78 is 1.83. The second kappa shape index (κ2) is 6.21. The van der Waals surface area contributed by atoms with Crippen molar-refractivity contribution in [3.63, 3.8) is 0 Å². The lowest BCUT2D eigenvalue weighted by molar-refractivity contribution is -0.126. The normalized spacial score (nSPS) is 17.4. The third-order valence-electron chi connectivity index (χ3n) is 3.65. The number of nitrogens with two attached hydrogens (primary N) is 1. The molecule has 1 amide bonds. The van der Waals surface area contributed by atoms with Gasteiger partial charge < -0.3 is 11.1 Å². The number of fused-ring (bicyclic) bond motifs is 1. The van der Waals surface area contributed by atoms with Crippen molar-refractivity contribution in [1.82, 2.24) is 25.1 Å². The topological polar surface area (TPSA) is 98.7 Å². The Kier molecular flexibility index (Phi) is 4.14. The number of hydrogen-bond donors (Lipinski definition) is 2. The standard InChI is InChI=1S/C13H18N6OS/c14-13-18-10(7-21-13)2-1-5-15-12(20)9-3-4-11-16-8-17-19(11)6-9/h7-9H,1-6H2,(H2,14,18)(H,15,20). The Morgan fingerprint density at radius 2 is 2.48 bits per heavy atom. The first-order chi connectivity index (χ1) is 10.2. The van der Waals surface area contributed by atoms with Gasteiger partial charge in [0.2, 0.25) is 5.91 Å².